The molecule has 0 aliphatic heterocycles. The Labute approximate surface area is 151 Å². The number of carbonyl (C=O) groups is 3. The van der Waals surface area contributed by atoms with Crippen LogP contribution in [0.5, 0.6) is 0 Å². The molecule has 26 heavy (non-hydrogen) atoms. The van der Waals surface area contributed by atoms with Gasteiger partial charge in [0.15, 0.2) is 11.7 Å². The minimum atomic E-state index is -1.52. The summed E-state index contributed by atoms with van der Waals surface area (Å²) in [4.78, 5) is 37.2. The second-order valence-corrected chi connectivity index (χ2v) is 5.58. The minimum absolute atomic E-state index is 0.0260. The summed E-state index contributed by atoms with van der Waals surface area (Å²) in [5, 5.41) is 0. The summed E-state index contributed by atoms with van der Waals surface area (Å²) in [6.07, 6.45) is 0. The van der Waals surface area contributed by atoms with E-state index in [4.69, 9.17) is 15.2 Å². The van der Waals surface area contributed by atoms with E-state index in [0.29, 0.717) is 5.56 Å². The Morgan fingerprint density at radius 3 is 2.00 bits per heavy atom. The number of hydrogen-bond acceptors (Lipinski definition) is 6. The smallest absolute Gasteiger partial charge is 0.322 e. The molecule has 0 saturated carbocycles. The number of hydrogen-bond donors (Lipinski definition) is 1. The van der Waals surface area contributed by atoms with Crippen molar-refractivity contribution in [1.29, 1.82) is 0 Å². The molecule has 0 fully saturated rings. The summed E-state index contributed by atoms with van der Waals surface area (Å²) < 4.78 is 10.1. The highest BCUT2D eigenvalue weighted by Crippen LogP contribution is 2.15. The lowest BCUT2D eigenvalue weighted by molar-refractivity contribution is -0.163. The topological polar surface area (TPSA) is 95.7 Å². The second kappa shape index (κ2) is 9.48. The third-order valence-corrected chi connectivity index (χ3v) is 3.74. The van der Waals surface area contributed by atoms with E-state index in [0.717, 1.165) is 5.56 Å². The fourth-order valence-corrected chi connectivity index (χ4v) is 2.39. The molecule has 0 saturated heterocycles. The summed E-state index contributed by atoms with van der Waals surface area (Å²) in [5.41, 5.74) is 7.01. The van der Waals surface area contributed by atoms with Crippen LogP contribution in [0, 0.1) is 5.92 Å². The molecule has 2 aromatic carbocycles. The first kappa shape index (κ1) is 19.3. The lowest BCUT2D eigenvalue weighted by atomic mass is 9.93. The molecule has 2 rings (SSSR count). The number of rotatable bonds is 8. The van der Waals surface area contributed by atoms with Crippen LogP contribution in [-0.4, -0.2) is 30.4 Å². The number of ketones is 1. The first-order valence-electron chi connectivity index (χ1n) is 8.26. The van der Waals surface area contributed by atoms with Crippen molar-refractivity contribution in [3.8, 4) is 0 Å². The molecule has 0 radical (unpaired) electrons. The van der Waals surface area contributed by atoms with Crippen molar-refractivity contribution in [2.24, 2.45) is 11.7 Å². The maximum atomic E-state index is 12.5. The van der Waals surface area contributed by atoms with Crippen LogP contribution in [0.1, 0.15) is 22.8 Å². The van der Waals surface area contributed by atoms with Gasteiger partial charge in [-0.05, 0) is 12.5 Å². The Hall–Kier alpha value is -2.99. The Kier molecular flexibility index (Phi) is 7.05. The normalized spacial score (nSPS) is 12.7. The molecule has 0 bridgehead atoms. The van der Waals surface area contributed by atoms with Crippen molar-refractivity contribution in [3.05, 3.63) is 71.8 Å². The molecule has 2 N–H and O–H groups in total. The largest absolute Gasteiger partial charge is 0.465 e. The van der Waals surface area contributed by atoms with Crippen LogP contribution in [0.2, 0.25) is 0 Å². The van der Waals surface area contributed by atoms with E-state index in [1.807, 2.05) is 6.07 Å². The third kappa shape index (κ3) is 5.00. The Balaban J connectivity index is 2.15. The van der Waals surface area contributed by atoms with E-state index in [1.165, 1.54) is 0 Å². The quantitative estimate of drug-likeness (QED) is 0.443. The molecule has 2 unspecified atom stereocenters. The molecule has 0 aliphatic carbocycles. The molecule has 6 nitrogen and oxygen atoms in total. The zero-order valence-electron chi connectivity index (χ0n) is 14.5. The fourth-order valence-electron chi connectivity index (χ4n) is 2.39. The van der Waals surface area contributed by atoms with Crippen LogP contribution < -0.4 is 5.73 Å². The molecule has 0 aliphatic rings. The van der Waals surface area contributed by atoms with Crippen LogP contribution in [0.15, 0.2) is 60.7 Å². The number of Topliss-reactive ketones (excluding diaryl/α,β-unsaturated/α-hetero) is 1. The zero-order valence-corrected chi connectivity index (χ0v) is 14.5. The number of benzene rings is 2. The van der Waals surface area contributed by atoms with E-state index in [9.17, 15) is 14.4 Å². The first-order valence-corrected chi connectivity index (χ1v) is 8.26. The van der Waals surface area contributed by atoms with Crippen LogP contribution in [0.25, 0.3) is 0 Å². The molecule has 2 aromatic rings. The predicted molar refractivity (Wildman–Crippen MR) is 95.1 cm³/mol. The highest BCUT2D eigenvalue weighted by atomic mass is 16.6. The lowest BCUT2D eigenvalue weighted by Crippen LogP contribution is -2.47. The van der Waals surface area contributed by atoms with E-state index in [-0.39, 0.29) is 13.2 Å². The standard InChI is InChI=1S/C20H21NO5/c1-2-25-19(23)16(17(21)18(22)15-11-7-4-8-12-15)20(24)26-13-14-9-5-3-6-10-14/h3-12,16-17H,2,13,21H2,1H3. The zero-order chi connectivity index (χ0) is 18.9. The van der Waals surface area contributed by atoms with Crippen LogP contribution in [0.3, 0.4) is 0 Å². The van der Waals surface area contributed by atoms with E-state index in [2.05, 4.69) is 0 Å². The maximum absolute atomic E-state index is 12.5. The fraction of sp³-hybridized carbons (Fsp3) is 0.250. The van der Waals surface area contributed by atoms with Gasteiger partial charge in [-0.15, -0.1) is 0 Å². The Morgan fingerprint density at radius 1 is 0.885 bits per heavy atom. The average Bonchev–Trinajstić information content (AvgIpc) is 2.67. The van der Waals surface area contributed by atoms with Gasteiger partial charge in [-0.1, -0.05) is 60.7 Å². The van der Waals surface area contributed by atoms with Crippen molar-refractivity contribution in [2.75, 3.05) is 6.61 Å². The first-order chi connectivity index (χ1) is 12.5. The Bertz CT molecular complexity index is 745. The van der Waals surface area contributed by atoms with E-state index >= 15 is 0 Å². The average molecular weight is 355 g/mol. The molecule has 0 amide bonds. The van der Waals surface area contributed by atoms with Gasteiger partial charge in [0.2, 0.25) is 0 Å². The van der Waals surface area contributed by atoms with Gasteiger partial charge in [0.1, 0.15) is 6.61 Å². The monoisotopic (exact) mass is 355 g/mol. The van der Waals surface area contributed by atoms with Crippen LogP contribution in [0.4, 0.5) is 0 Å². The van der Waals surface area contributed by atoms with Crippen molar-refractivity contribution in [2.45, 2.75) is 19.6 Å². The maximum Gasteiger partial charge on any atom is 0.322 e. The predicted octanol–water partition coefficient (Wildman–Crippen LogP) is 2.12. The van der Waals surface area contributed by atoms with Crippen molar-refractivity contribution in [1.82, 2.24) is 0 Å². The molecule has 2 atom stereocenters. The molecule has 136 valence electrons. The van der Waals surface area contributed by atoms with Gasteiger partial charge in [-0.25, -0.2) is 0 Å². The van der Waals surface area contributed by atoms with Crippen molar-refractivity contribution < 1.29 is 23.9 Å². The van der Waals surface area contributed by atoms with E-state index < -0.39 is 29.7 Å². The van der Waals surface area contributed by atoms with Gasteiger partial charge >= 0.3 is 11.9 Å². The summed E-state index contributed by atoms with van der Waals surface area (Å²) in [7, 11) is 0. The van der Waals surface area contributed by atoms with Gasteiger partial charge < -0.3 is 15.2 Å². The minimum Gasteiger partial charge on any atom is -0.465 e. The molecular weight excluding hydrogens is 334 g/mol. The SMILES string of the molecule is CCOC(=O)C(C(=O)OCc1ccccc1)C(N)C(=O)c1ccccc1. The van der Waals surface area contributed by atoms with Crippen LogP contribution >= 0.6 is 0 Å². The molecule has 0 aromatic heterocycles. The third-order valence-electron chi connectivity index (χ3n) is 3.74. The highest BCUT2D eigenvalue weighted by molar-refractivity contribution is 6.08. The van der Waals surface area contributed by atoms with Crippen molar-refractivity contribution >= 4 is 17.7 Å². The van der Waals surface area contributed by atoms with Gasteiger partial charge in [-0.3, -0.25) is 14.4 Å². The summed E-state index contributed by atoms with van der Waals surface area (Å²) in [6.45, 7) is 1.64. The molecule has 6 heteroatoms. The van der Waals surface area contributed by atoms with Crippen molar-refractivity contribution in [3.63, 3.8) is 0 Å². The molecular formula is C20H21NO5. The van der Waals surface area contributed by atoms with Gasteiger partial charge in [0, 0.05) is 5.56 Å². The Morgan fingerprint density at radius 2 is 1.42 bits per heavy atom. The van der Waals surface area contributed by atoms with Gasteiger partial charge in [-0.2, -0.15) is 0 Å². The lowest BCUT2D eigenvalue weighted by Gasteiger charge is -2.20. The van der Waals surface area contributed by atoms with E-state index in [1.54, 1.807) is 61.5 Å². The molecule has 0 heterocycles. The number of nitrogens with two attached hydrogens (primary N) is 1. The summed E-state index contributed by atoms with van der Waals surface area (Å²) in [5.74, 6) is -3.81. The van der Waals surface area contributed by atoms with Crippen LogP contribution in [-0.2, 0) is 25.7 Å². The van der Waals surface area contributed by atoms with Gasteiger partial charge in [0.25, 0.3) is 0 Å². The highest BCUT2D eigenvalue weighted by Gasteiger charge is 2.39. The number of carbonyl (C=O) groups excluding carboxylic acids is 3. The second-order valence-electron chi connectivity index (χ2n) is 5.58. The number of esters is 2. The number of ether oxygens (including phenoxy) is 2. The van der Waals surface area contributed by atoms with Gasteiger partial charge in [0.05, 0.1) is 12.6 Å². The summed E-state index contributed by atoms with van der Waals surface area (Å²) in [6, 6.07) is 15.8. The molecule has 0 spiro atoms. The summed E-state index contributed by atoms with van der Waals surface area (Å²) >= 11 is 0.